The highest BCUT2D eigenvalue weighted by molar-refractivity contribution is 5.78. The van der Waals surface area contributed by atoms with E-state index in [-0.39, 0.29) is 18.5 Å². The van der Waals surface area contributed by atoms with E-state index in [1.54, 1.807) is 30.0 Å². The molecule has 1 amide bonds. The molecule has 0 bridgehead atoms. The molecule has 0 fully saturated rings. The minimum Gasteiger partial charge on any atom is -0.383 e. The SMILES string of the molecule is COCC(C)NC(=O)Cn1cccc1C=O. The number of hydrogen-bond acceptors (Lipinski definition) is 3. The summed E-state index contributed by atoms with van der Waals surface area (Å²) in [6.07, 6.45) is 2.43. The first-order valence-electron chi connectivity index (χ1n) is 5.06. The fourth-order valence-corrected chi connectivity index (χ4v) is 1.45. The summed E-state index contributed by atoms with van der Waals surface area (Å²) in [6, 6.07) is 3.36. The standard InChI is InChI=1S/C11H16N2O3/c1-9(8-16-2)12-11(15)6-13-5-3-4-10(13)7-14/h3-5,7,9H,6,8H2,1-2H3,(H,12,15). The zero-order valence-corrected chi connectivity index (χ0v) is 9.47. The van der Waals surface area contributed by atoms with E-state index in [0.29, 0.717) is 12.3 Å². The lowest BCUT2D eigenvalue weighted by molar-refractivity contribution is -0.122. The van der Waals surface area contributed by atoms with E-state index < -0.39 is 0 Å². The van der Waals surface area contributed by atoms with E-state index in [4.69, 9.17) is 4.74 Å². The Kier molecular flexibility index (Phi) is 4.72. The molecule has 1 atom stereocenters. The summed E-state index contributed by atoms with van der Waals surface area (Å²) in [6.45, 7) is 2.48. The number of carbonyl (C=O) groups is 2. The molecule has 0 aliphatic rings. The number of nitrogens with zero attached hydrogens (tertiary/aromatic N) is 1. The van der Waals surface area contributed by atoms with Crippen LogP contribution in [0.25, 0.3) is 0 Å². The van der Waals surface area contributed by atoms with Crippen molar-refractivity contribution >= 4 is 12.2 Å². The summed E-state index contributed by atoms with van der Waals surface area (Å²) < 4.78 is 6.51. The third-order valence-electron chi connectivity index (χ3n) is 2.12. The Hall–Kier alpha value is -1.62. The van der Waals surface area contributed by atoms with Crippen molar-refractivity contribution < 1.29 is 14.3 Å². The van der Waals surface area contributed by atoms with Gasteiger partial charge in [0, 0.05) is 19.3 Å². The van der Waals surface area contributed by atoms with Gasteiger partial charge >= 0.3 is 0 Å². The molecule has 0 saturated heterocycles. The van der Waals surface area contributed by atoms with Gasteiger partial charge in [-0.25, -0.2) is 0 Å². The van der Waals surface area contributed by atoms with Gasteiger partial charge in [0.2, 0.25) is 5.91 Å². The molecule has 0 aromatic carbocycles. The van der Waals surface area contributed by atoms with Gasteiger partial charge < -0.3 is 14.6 Å². The summed E-state index contributed by atoms with van der Waals surface area (Å²) in [5, 5.41) is 2.77. The molecule has 0 spiro atoms. The van der Waals surface area contributed by atoms with Crippen molar-refractivity contribution in [1.82, 2.24) is 9.88 Å². The number of rotatable bonds is 6. The summed E-state index contributed by atoms with van der Waals surface area (Å²) in [4.78, 5) is 22.2. The molecule has 88 valence electrons. The topological polar surface area (TPSA) is 60.3 Å². The second kappa shape index (κ2) is 6.07. The number of aromatic nitrogens is 1. The third kappa shape index (κ3) is 3.51. The Morgan fingerprint density at radius 1 is 1.69 bits per heavy atom. The van der Waals surface area contributed by atoms with Gasteiger partial charge in [-0.1, -0.05) is 0 Å². The zero-order chi connectivity index (χ0) is 12.0. The predicted octanol–water partition coefficient (Wildman–Crippen LogP) is 0.452. The van der Waals surface area contributed by atoms with E-state index in [1.807, 2.05) is 6.92 Å². The average Bonchev–Trinajstić information content (AvgIpc) is 2.65. The van der Waals surface area contributed by atoms with Gasteiger partial charge in [-0.3, -0.25) is 9.59 Å². The molecule has 1 unspecified atom stereocenters. The molecule has 0 radical (unpaired) electrons. The molecule has 1 N–H and O–H groups in total. The molecule has 0 aliphatic heterocycles. The van der Waals surface area contributed by atoms with Crippen LogP contribution < -0.4 is 5.32 Å². The monoisotopic (exact) mass is 224 g/mol. The number of carbonyl (C=O) groups excluding carboxylic acids is 2. The molecule has 1 rings (SSSR count). The van der Waals surface area contributed by atoms with Crippen LogP contribution in [-0.4, -0.2) is 36.5 Å². The van der Waals surface area contributed by atoms with Crippen molar-refractivity contribution in [2.75, 3.05) is 13.7 Å². The Labute approximate surface area is 94.4 Å². The van der Waals surface area contributed by atoms with Crippen molar-refractivity contribution in [3.05, 3.63) is 24.0 Å². The smallest absolute Gasteiger partial charge is 0.240 e. The Bertz CT molecular complexity index is 360. The normalized spacial score (nSPS) is 12.1. The van der Waals surface area contributed by atoms with Gasteiger partial charge in [-0.05, 0) is 19.1 Å². The van der Waals surface area contributed by atoms with E-state index in [2.05, 4.69) is 5.32 Å². The lowest BCUT2D eigenvalue weighted by atomic mass is 10.3. The van der Waals surface area contributed by atoms with Crippen LogP contribution in [0.3, 0.4) is 0 Å². The summed E-state index contributed by atoms with van der Waals surface area (Å²) in [5.41, 5.74) is 0.495. The fraction of sp³-hybridized carbons (Fsp3) is 0.455. The number of hydrogen-bond donors (Lipinski definition) is 1. The van der Waals surface area contributed by atoms with E-state index in [1.165, 1.54) is 0 Å². The van der Waals surface area contributed by atoms with Gasteiger partial charge in [0.05, 0.1) is 12.3 Å². The molecule has 5 nitrogen and oxygen atoms in total. The number of methoxy groups -OCH3 is 1. The summed E-state index contributed by atoms with van der Waals surface area (Å²) in [7, 11) is 1.58. The molecule has 0 saturated carbocycles. The number of nitrogens with one attached hydrogen (secondary N) is 1. The maximum absolute atomic E-state index is 11.6. The van der Waals surface area contributed by atoms with Crippen LogP contribution in [0.4, 0.5) is 0 Å². The van der Waals surface area contributed by atoms with Crippen LogP contribution in [0.15, 0.2) is 18.3 Å². The molecule has 16 heavy (non-hydrogen) atoms. The van der Waals surface area contributed by atoms with Crippen LogP contribution in [-0.2, 0) is 16.1 Å². The molecule has 1 heterocycles. The first kappa shape index (κ1) is 12.4. The lowest BCUT2D eigenvalue weighted by Crippen LogP contribution is -2.37. The van der Waals surface area contributed by atoms with Gasteiger partial charge in [0.1, 0.15) is 6.54 Å². The molecule has 1 aromatic rings. The molecular weight excluding hydrogens is 208 g/mol. The molecular formula is C11H16N2O3. The van der Waals surface area contributed by atoms with Crippen LogP contribution in [0.1, 0.15) is 17.4 Å². The maximum Gasteiger partial charge on any atom is 0.240 e. The largest absolute Gasteiger partial charge is 0.383 e. The summed E-state index contributed by atoms with van der Waals surface area (Å²) >= 11 is 0. The minimum absolute atomic E-state index is 0.0345. The minimum atomic E-state index is -0.135. The Morgan fingerprint density at radius 2 is 2.44 bits per heavy atom. The Balaban J connectivity index is 2.48. The van der Waals surface area contributed by atoms with Gasteiger partial charge in [-0.2, -0.15) is 0 Å². The number of amides is 1. The van der Waals surface area contributed by atoms with E-state index >= 15 is 0 Å². The van der Waals surface area contributed by atoms with Gasteiger partial charge in [-0.15, -0.1) is 0 Å². The maximum atomic E-state index is 11.6. The highest BCUT2D eigenvalue weighted by Gasteiger charge is 2.08. The van der Waals surface area contributed by atoms with Crippen molar-refractivity contribution in [1.29, 1.82) is 0 Å². The number of ether oxygens (including phenoxy) is 1. The van der Waals surface area contributed by atoms with Crippen LogP contribution in [0.5, 0.6) is 0 Å². The van der Waals surface area contributed by atoms with Crippen molar-refractivity contribution in [3.8, 4) is 0 Å². The fourth-order valence-electron chi connectivity index (χ4n) is 1.45. The summed E-state index contributed by atoms with van der Waals surface area (Å²) in [5.74, 6) is -0.135. The average molecular weight is 224 g/mol. The van der Waals surface area contributed by atoms with E-state index in [0.717, 1.165) is 6.29 Å². The van der Waals surface area contributed by atoms with Crippen molar-refractivity contribution in [2.24, 2.45) is 0 Å². The quantitative estimate of drug-likeness (QED) is 0.714. The van der Waals surface area contributed by atoms with Crippen molar-refractivity contribution in [2.45, 2.75) is 19.5 Å². The molecule has 5 heteroatoms. The highest BCUT2D eigenvalue weighted by atomic mass is 16.5. The third-order valence-corrected chi connectivity index (χ3v) is 2.12. The van der Waals surface area contributed by atoms with Gasteiger partial charge in [0.25, 0.3) is 0 Å². The van der Waals surface area contributed by atoms with Crippen LogP contribution in [0.2, 0.25) is 0 Å². The Morgan fingerprint density at radius 3 is 3.06 bits per heavy atom. The van der Waals surface area contributed by atoms with Crippen molar-refractivity contribution in [3.63, 3.8) is 0 Å². The highest BCUT2D eigenvalue weighted by Crippen LogP contribution is 1.98. The first-order valence-corrected chi connectivity index (χ1v) is 5.06. The second-order valence-corrected chi connectivity index (χ2v) is 3.60. The van der Waals surface area contributed by atoms with Gasteiger partial charge in [0.15, 0.2) is 6.29 Å². The predicted molar refractivity (Wildman–Crippen MR) is 59.3 cm³/mol. The lowest BCUT2D eigenvalue weighted by Gasteiger charge is -2.13. The van der Waals surface area contributed by atoms with Crippen LogP contribution >= 0.6 is 0 Å². The molecule has 1 aromatic heterocycles. The second-order valence-electron chi connectivity index (χ2n) is 3.60. The zero-order valence-electron chi connectivity index (χ0n) is 9.47. The van der Waals surface area contributed by atoms with Crippen LogP contribution in [0, 0.1) is 0 Å². The first-order chi connectivity index (χ1) is 7.67. The van der Waals surface area contributed by atoms with E-state index in [9.17, 15) is 9.59 Å². The number of aldehydes is 1. The molecule has 0 aliphatic carbocycles.